The smallest absolute Gasteiger partial charge is 0.258 e. The van der Waals surface area contributed by atoms with Crippen molar-refractivity contribution < 1.29 is 19.1 Å². The van der Waals surface area contributed by atoms with E-state index in [9.17, 15) is 9.90 Å². The van der Waals surface area contributed by atoms with E-state index in [1.807, 2.05) is 37.3 Å². The lowest BCUT2D eigenvalue weighted by molar-refractivity contribution is 0.0743. The molecule has 0 fully saturated rings. The van der Waals surface area contributed by atoms with Crippen molar-refractivity contribution in [3.8, 4) is 11.5 Å². The summed E-state index contributed by atoms with van der Waals surface area (Å²) < 4.78 is 11.0. The molecule has 2 aromatic carbocycles. The normalized spacial score (nSPS) is 12.2. The average Bonchev–Trinajstić information content (AvgIpc) is 2.97. The van der Waals surface area contributed by atoms with E-state index in [0.717, 1.165) is 10.9 Å². The number of aromatic hydroxyl groups is 1. The zero-order valence-corrected chi connectivity index (χ0v) is 15.4. The Morgan fingerprint density at radius 2 is 1.92 bits per heavy atom. The van der Waals surface area contributed by atoms with Gasteiger partial charge in [-0.2, -0.15) is 0 Å². The summed E-state index contributed by atoms with van der Waals surface area (Å²) in [5, 5.41) is 10.2. The number of phenols is 1. The van der Waals surface area contributed by atoms with Crippen LogP contribution in [0.5, 0.6) is 11.5 Å². The third-order valence-corrected chi connectivity index (χ3v) is 4.73. The number of rotatable bonds is 5. The van der Waals surface area contributed by atoms with Crippen LogP contribution in [0, 0.1) is 6.92 Å². The summed E-state index contributed by atoms with van der Waals surface area (Å²) in [7, 11) is 3.40. The maximum Gasteiger partial charge on any atom is 0.258 e. The van der Waals surface area contributed by atoms with E-state index in [2.05, 4.69) is 0 Å². The van der Waals surface area contributed by atoms with Crippen molar-refractivity contribution in [2.75, 3.05) is 14.2 Å². The predicted molar refractivity (Wildman–Crippen MR) is 101 cm³/mol. The minimum absolute atomic E-state index is 0.0120. The molecule has 1 N–H and O–H groups in total. The number of likely N-dealkylation sites (N-methyl/N-ethyl adjacent to an activating group) is 1. The number of hydrogen-bond donors (Lipinski definition) is 1. The Morgan fingerprint density at radius 1 is 1.23 bits per heavy atom. The van der Waals surface area contributed by atoms with Crippen molar-refractivity contribution in [3.63, 3.8) is 0 Å². The number of amides is 1. The first-order valence-corrected chi connectivity index (χ1v) is 8.53. The Kier molecular flexibility index (Phi) is 4.89. The lowest BCUT2D eigenvalue weighted by Crippen LogP contribution is -2.36. The molecule has 5 nitrogen and oxygen atoms in total. The zero-order valence-electron chi connectivity index (χ0n) is 15.4. The summed E-state index contributed by atoms with van der Waals surface area (Å²) in [5.74, 6) is 1.44. The van der Waals surface area contributed by atoms with Crippen LogP contribution in [0.15, 0.2) is 46.9 Å². The lowest BCUT2D eigenvalue weighted by Gasteiger charge is -2.25. The highest BCUT2D eigenvalue weighted by atomic mass is 16.5. The highest BCUT2D eigenvalue weighted by Gasteiger charge is 2.24. The van der Waals surface area contributed by atoms with Crippen LogP contribution in [0.1, 0.15) is 28.6 Å². The second-order valence-electron chi connectivity index (χ2n) is 6.53. The largest absolute Gasteiger partial charge is 0.508 e. The van der Waals surface area contributed by atoms with E-state index in [4.69, 9.17) is 9.15 Å². The number of methoxy groups -OCH3 is 1. The van der Waals surface area contributed by atoms with Crippen LogP contribution in [-0.4, -0.2) is 36.1 Å². The van der Waals surface area contributed by atoms with Crippen LogP contribution in [0.3, 0.4) is 0 Å². The maximum absolute atomic E-state index is 13.1. The Balaban J connectivity index is 1.86. The monoisotopic (exact) mass is 353 g/mol. The molecule has 0 saturated heterocycles. The molecule has 0 aliphatic heterocycles. The number of hydrogen-bond acceptors (Lipinski definition) is 4. The molecule has 5 heteroatoms. The highest BCUT2D eigenvalue weighted by Crippen LogP contribution is 2.30. The molecule has 3 aromatic rings. The Labute approximate surface area is 152 Å². The quantitative estimate of drug-likeness (QED) is 0.748. The van der Waals surface area contributed by atoms with Crippen LogP contribution >= 0.6 is 0 Å². The van der Waals surface area contributed by atoms with Gasteiger partial charge < -0.3 is 19.2 Å². The van der Waals surface area contributed by atoms with Gasteiger partial charge in [0.15, 0.2) is 0 Å². The molecular weight excluding hydrogens is 330 g/mol. The minimum Gasteiger partial charge on any atom is -0.508 e. The topological polar surface area (TPSA) is 62.9 Å². The SMILES string of the molecule is COc1ccc2oc(C)c(C(=O)N(C)[C@H](C)Cc3ccc(O)cc3)c2c1. The third-order valence-electron chi connectivity index (χ3n) is 4.73. The van der Waals surface area contributed by atoms with Crippen LogP contribution in [0.4, 0.5) is 0 Å². The summed E-state index contributed by atoms with van der Waals surface area (Å²) in [6.07, 6.45) is 0.695. The van der Waals surface area contributed by atoms with Crippen molar-refractivity contribution in [3.05, 3.63) is 59.4 Å². The molecular formula is C21H23NO4. The van der Waals surface area contributed by atoms with Crippen molar-refractivity contribution in [2.45, 2.75) is 26.3 Å². The number of carbonyl (C=O) groups excluding carboxylic acids is 1. The van der Waals surface area contributed by atoms with Crippen molar-refractivity contribution in [1.29, 1.82) is 0 Å². The van der Waals surface area contributed by atoms with E-state index in [-0.39, 0.29) is 17.7 Å². The van der Waals surface area contributed by atoms with Gasteiger partial charge in [0, 0.05) is 18.5 Å². The van der Waals surface area contributed by atoms with Gasteiger partial charge in [-0.3, -0.25) is 4.79 Å². The molecule has 3 rings (SSSR count). The fraction of sp³-hybridized carbons (Fsp3) is 0.286. The van der Waals surface area contributed by atoms with E-state index in [1.165, 1.54) is 0 Å². The Bertz CT molecular complexity index is 927. The number of nitrogens with zero attached hydrogens (tertiary/aromatic N) is 1. The molecule has 0 aliphatic carbocycles. The first-order chi connectivity index (χ1) is 12.4. The molecule has 1 heterocycles. The molecule has 1 aromatic heterocycles. The average molecular weight is 353 g/mol. The number of ether oxygens (including phenoxy) is 1. The fourth-order valence-electron chi connectivity index (χ4n) is 3.08. The summed E-state index contributed by atoms with van der Waals surface area (Å²) in [5.41, 5.74) is 2.30. The number of furan rings is 1. The van der Waals surface area contributed by atoms with Gasteiger partial charge in [0.25, 0.3) is 5.91 Å². The molecule has 0 aliphatic rings. The molecule has 26 heavy (non-hydrogen) atoms. The number of benzene rings is 2. The first kappa shape index (κ1) is 17.9. The van der Waals surface area contributed by atoms with Gasteiger partial charge in [0.2, 0.25) is 0 Å². The van der Waals surface area contributed by atoms with Crippen LogP contribution in [-0.2, 0) is 6.42 Å². The first-order valence-electron chi connectivity index (χ1n) is 8.53. The minimum atomic E-state index is -0.0826. The Morgan fingerprint density at radius 3 is 2.58 bits per heavy atom. The lowest BCUT2D eigenvalue weighted by atomic mass is 10.0. The second-order valence-corrected chi connectivity index (χ2v) is 6.53. The molecule has 0 bridgehead atoms. The molecule has 136 valence electrons. The third kappa shape index (κ3) is 3.38. The number of aryl methyl sites for hydroxylation is 1. The van der Waals surface area contributed by atoms with Gasteiger partial charge in [0.05, 0.1) is 12.7 Å². The predicted octanol–water partition coefficient (Wildman–Crippen LogP) is 4.16. The molecule has 1 amide bonds. The number of fused-ring (bicyclic) bond motifs is 1. The van der Waals surface area contributed by atoms with Crippen molar-refractivity contribution in [2.24, 2.45) is 0 Å². The molecule has 0 spiro atoms. The summed E-state index contributed by atoms with van der Waals surface area (Å²) in [6, 6.07) is 12.5. The van der Waals surface area contributed by atoms with E-state index < -0.39 is 0 Å². The molecule has 1 atom stereocenters. The van der Waals surface area contributed by atoms with Crippen LogP contribution < -0.4 is 4.74 Å². The summed E-state index contributed by atoms with van der Waals surface area (Å²) in [4.78, 5) is 14.8. The number of phenolic OH excluding ortho intramolecular Hbond substituents is 1. The second kappa shape index (κ2) is 7.12. The standard InChI is InChI=1S/C21H23NO4/c1-13(11-15-5-7-16(23)8-6-15)22(3)21(24)20-14(2)26-19-10-9-17(25-4)12-18(19)20/h5-10,12-13,23H,11H2,1-4H3/t13-/m1/s1. The Hall–Kier alpha value is -2.95. The van der Waals surface area contributed by atoms with Crippen molar-refractivity contribution >= 4 is 16.9 Å². The molecule has 0 saturated carbocycles. The highest BCUT2D eigenvalue weighted by molar-refractivity contribution is 6.07. The van der Waals surface area contributed by atoms with Gasteiger partial charge in [-0.15, -0.1) is 0 Å². The fourth-order valence-corrected chi connectivity index (χ4v) is 3.08. The van der Waals surface area contributed by atoms with E-state index >= 15 is 0 Å². The molecule has 0 unspecified atom stereocenters. The summed E-state index contributed by atoms with van der Waals surface area (Å²) in [6.45, 7) is 3.81. The van der Waals surface area contributed by atoms with Gasteiger partial charge in [-0.05, 0) is 56.2 Å². The van der Waals surface area contributed by atoms with Crippen LogP contribution in [0.25, 0.3) is 11.0 Å². The van der Waals surface area contributed by atoms with Gasteiger partial charge >= 0.3 is 0 Å². The van der Waals surface area contributed by atoms with Crippen LogP contribution in [0.2, 0.25) is 0 Å². The van der Waals surface area contributed by atoms with Gasteiger partial charge in [-0.25, -0.2) is 0 Å². The van der Waals surface area contributed by atoms with E-state index in [1.54, 1.807) is 38.1 Å². The molecule has 0 radical (unpaired) electrons. The van der Waals surface area contributed by atoms with Gasteiger partial charge in [-0.1, -0.05) is 12.1 Å². The van der Waals surface area contributed by atoms with Crippen molar-refractivity contribution in [1.82, 2.24) is 4.90 Å². The number of carbonyl (C=O) groups is 1. The van der Waals surface area contributed by atoms with Gasteiger partial charge in [0.1, 0.15) is 22.8 Å². The summed E-state index contributed by atoms with van der Waals surface area (Å²) >= 11 is 0. The maximum atomic E-state index is 13.1. The zero-order chi connectivity index (χ0) is 18.8. The van der Waals surface area contributed by atoms with E-state index in [0.29, 0.717) is 29.1 Å².